The fourth-order valence-electron chi connectivity index (χ4n) is 2.89. The third-order valence-corrected chi connectivity index (χ3v) is 4.63. The zero-order valence-corrected chi connectivity index (χ0v) is 16.8. The summed E-state index contributed by atoms with van der Waals surface area (Å²) < 4.78 is 0. The van der Waals surface area contributed by atoms with E-state index < -0.39 is 0 Å². The van der Waals surface area contributed by atoms with Crippen LogP contribution in [-0.2, 0) is 6.42 Å². The van der Waals surface area contributed by atoms with Crippen LogP contribution in [0.5, 0.6) is 0 Å². The summed E-state index contributed by atoms with van der Waals surface area (Å²) in [5.74, 6) is 0.484. The number of rotatable bonds is 7. The summed E-state index contributed by atoms with van der Waals surface area (Å²) >= 11 is 5.90. The molecule has 6 heteroatoms. The summed E-state index contributed by atoms with van der Waals surface area (Å²) in [5.41, 5.74) is 3.48. The fourth-order valence-corrected chi connectivity index (χ4v) is 3.02. The van der Waals surface area contributed by atoms with E-state index in [-0.39, 0.29) is 5.91 Å². The predicted molar refractivity (Wildman–Crippen MR) is 114 cm³/mol. The third-order valence-electron chi connectivity index (χ3n) is 4.38. The second-order valence-electron chi connectivity index (χ2n) is 6.48. The Hall–Kier alpha value is -2.92. The van der Waals surface area contributed by atoms with Crippen molar-refractivity contribution in [1.82, 2.24) is 9.97 Å². The number of halogens is 1. The monoisotopic (exact) mass is 394 g/mol. The summed E-state index contributed by atoms with van der Waals surface area (Å²) in [7, 11) is 0. The Bertz CT molecular complexity index is 926. The molecule has 0 saturated heterocycles. The molecule has 0 fully saturated rings. The van der Waals surface area contributed by atoms with Crippen LogP contribution in [0, 0.1) is 6.92 Å². The maximum Gasteiger partial charge on any atom is 0.278 e. The minimum atomic E-state index is -0.159. The van der Waals surface area contributed by atoms with Gasteiger partial charge in [-0.1, -0.05) is 35.9 Å². The van der Waals surface area contributed by atoms with Crippen molar-refractivity contribution in [1.29, 1.82) is 0 Å². The van der Waals surface area contributed by atoms with Gasteiger partial charge in [-0.15, -0.1) is 0 Å². The molecule has 0 saturated carbocycles. The molecule has 1 aromatic heterocycles. The summed E-state index contributed by atoms with van der Waals surface area (Å²) in [6, 6.07) is 15.6. The summed E-state index contributed by atoms with van der Waals surface area (Å²) in [6.07, 6.45) is 3.96. The Morgan fingerprint density at radius 3 is 2.54 bits per heavy atom. The molecule has 28 heavy (non-hydrogen) atoms. The Kier molecular flexibility index (Phi) is 6.61. The van der Waals surface area contributed by atoms with E-state index in [9.17, 15) is 4.79 Å². The summed E-state index contributed by atoms with van der Waals surface area (Å²) in [6.45, 7) is 5.23. The number of nitrogens with one attached hydrogen (secondary N) is 1. The Morgan fingerprint density at radius 2 is 1.89 bits per heavy atom. The molecular formula is C22H23ClN4O. The smallest absolute Gasteiger partial charge is 0.278 e. The average molecular weight is 395 g/mol. The number of anilines is 2. The van der Waals surface area contributed by atoms with Crippen molar-refractivity contribution >= 4 is 29.0 Å². The van der Waals surface area contributed by atoms with Crippen LogP contribution in [0.3, 0.4) is 0 Å². The Balaban J connectivity index is 1.61. The number of aromatic nitrogens is 2. The van der Waals surface area contributed by atoms with E-state index in [1.165, 1.54) is 11.8 Å². The molecule has 144 valence electrons. The highest BCUT2D eigenvalue weighted by Crippen LogP contribution is 2.18. The highest BCUT2D eigenvalue weighted by molar-refractivity contribution is 6.30. The van der Waals surface area contributed by atoms with Crippen LogP contribution in [0.15, 0.2) is 60.9 Å². The van der Waals surface area contributed by atoms with Crippen molar-refractivity contribution in [2.75, 3.05) is 23.3 Å². The SMILES string of the molecule is CCN(C(=O)c1cnc(NCCc2ccc(Cl)cc2)cn1)c1cccc(C)c1. The molecule has 5 nitrogen and oxygen atoms in total. The van der Waals surface area contributed by atoms with E-state index >= 15 is 0 Å². The minimum Gasteiger partial charge on any atom is -0.368 e. The first-order valence-corrected chi connectivity index (χ1v) is 9.63. The molecule has 1 N–H and O–H groups in total. The van der Waals surface area contributed by atoms with E-state index in [0.717, 1.165) is 22.7 Å². The van der Waals surface area contributed by atoms with Gasteiger partial charge in [-0.05, 0) is 55.7 Å². The maximum atomic E-state index is 12.8. The van der Waals surface area contributed by atoms with Crippen LogP contribution in [0.25, 0.3) is 0 Å². The van der Waals surface area contributed by atoms with Gasteiger partial charge in [0.25, 0.3) is 5.91 Å². The van der Waals surface area contributed by atoms with Gasteiger partial charge in [0.1, 0.15) is 11.5 Å². The minimum absolute atomic E-state index is 0.159. The molecule has 0 aliphatic rings. The standard InChI is InChI=1S/C22H23ClN4O/c1-3-27(19-6-4-5-16(2)13-19)22(28)20-14-26-21(15-25-20)24-12-11-17-7-9-18(23)10-8-17/h4-10,13-15H,3,11-12H2,1-2H3,(H,24,26). The van der Waals surface area contributed by atoms with E-state index in [1.807, 2.05) is 62.4 Å². The van der Waals surface area contributed by atoms with Gasteiger partial charge >= 0.3 is 0 Å². The Morgan fingerprint density at radius 1 is 1.11 bits per heavy atom. The van der Waals surface area contributed by atoms with Crippen molar-refractivity contribution in [2.45, 2.75) is 20.3 Å². The predicted octanol–water partition coefficient (Wildman–Crippen LogP) is 4.76. The molecule has 0 aliphatic heterocycles. The van der Waals surface area contributed by atoms with Gasteiger partial charge in [0, 0.05) is 23.8 Å². The van der Waals surface area contributed by atoms with Gasteiger partial charge in [0.15, 0.2) is 0 Å². The molecule has 0 spiro atoms. The van der Waals surface area contributed by atoms with Crippen molar-refractivity contribution in [3.63, 3.8) is 0 Å². The van der Waals surface area contributed by atoms with E-state index in [4.69, 9.17) is 11.6 Å². The maximum absolute atomic E-state index is 12.8. The van der Waals surface area contributed by atoms with Gasteiger partial charge in [0.2, 0.25) is 0 Å². The number of hydrogen-bond acceptors (Lipinski definition) is 4. The van der Waals surface area contributed by atoms with Crippen molar-refractivity contribution in [2.24, 2.45) is 0 Å². The topological polar surface area (TPSA) is 58.1 Å². The van der Waals surface area contributed by atoms with Crippen molar-refractivity contribution in [3.8, 4) is 0 Å². The van der Waals surface area contributed by atoms with Crippen LogP contribution in [-0.4, -0.2) is 29.0 Å². The first kappa shape index (κ1) is 19.8. The molecule has 0 aliphatic carbocycles. The van der Waals surface area contributed by atoms with Crippen LogP contribution in [0.4, 0.5) is 11.5 Å². The lowest BCUT2D eigenvalue weighted by atomic mass is 10.1. The normalized spacial score (nSPS) is 10.5. The quantitative estimate of drug-likeness (QED) is 0.627. The number of benzene rings is 2. The molecule has 0 radical (unpaired) electrons. The largest absolute Gasteiger partial charge is 0.368 e. The lowest BCUT2D eigenvalue weighted by Crippen LogP contribution is -2.31. The van der Waals surface area contributed by atoms with Gasteiger partial charge in [0.05, 0.1) is 12.4 Å². The number of carbonyl (C=O) groups excluding carboxylic acids is 1. The van der Waals surface area contributed by atoms with Crippen LogP contribution < -0.4 is 10.2 Å². The number of nitrogens with zero attached hydrogens (tertiary/aromatic N) is 3. The highest BCUT2D eigenvalue weighted by Gasteiger charge is 2.17. The molecule has 3 aromatic rings. The Labute approximate surface area is 170 Å². The summed E-state index contributed by atoms with van der Waals surface area (Å²) in [4.78, 5) is 23.1. The van der Waals surface area contributed by atoms with Gasteiger partial charge in [-0.25, -0.2) is 9.97 Å². The lowest BCUT2D eigenvalue weighted by molar-refractivity contribution is 0.0983. The molecule has 0 bridgehead atoms. The van der Waals surface area contributed by atoms with Gasteiger partial charge in [-0.3, -0.25) is 4.79 Å². The third kappa shape index (κ3) is 5.08. The molecule has 0 unspecified atom stereocenters. The van der Waals surface area contributed by atoms with Gasteiger partial charge < -0.3 is 10.2 Å². The first-order chi connectivity index (χ1) is 13.6. The lowest BCUT2D eigenvalue weighted by Gasteiger charge is -2.21. The van der Waals surface area contributed by atoms with Crippen LogP contribution in [0.2, 0.25) is 5.02 Å². The molecule has 2 aromatic carbocycles. The second-order valence-corrected chi connectivity index (χ2v) is 6.91. The zero-order chi connectivity index (χ0) is 19.9. The average Bonchev–Trinajstić information content (AvgIpc) is 2.70. The molecule has 1 heterocycles. The molecular weight excluding hydrogens is 372 g/mol. The van der Waals surface area contributed by atoms with Crippen LogP contribution >= 0.6 is 11.6 Å². The summed E-state index contributed by atoms with van der Waals surface area (Å²) in [5, 5.41) is 3.96. The zero-order valence-electron chi connectivity index (χ0n) is 16.0. The fraction of sp³-hybridized carbons (Fsp3) is 0.227. The number of hydrogen-bond donors (Lipinski definition) is 1. The molecule has 0 atom stereocenters. The van der Waals surface area contributed by atoms with Gasteiger partial charge in [-0.2, -0.15) is 0 Å². The molecule has 1 amide bonds. The van der Waals surface area contributed by atoms with E-state index in [0.29, 0.717) is 24.6 Å². The first-order valence-electron chi connectivity index (χ1n) is 9.25. The molecule has 3 rings (SSSR count). The highest BCUT2D eigenvalue weighted by atomic mass is 35.5. The van der Waals surface area contributed by atoms with E-state index in [2.05, 4.69) is 15.3 Å². The number of amides is 1. The van der Waals surface area contributed by atoms with Crippen LogP contribution in [0.1, 0.15) is 28.5 Å². The number of aryl methyl sites for hydroxylation is 1. The second kappa shape index (κ2) is 9.33. The van der Waals surface area contributed by atoms with Crippen molar-refractivity contribution < 1.29 is 4.79 Å². The number of carbonyl (C=O) groups is 1. The van der Waals surface area contributed by atoms with Crippen molar-refractivity contribution in [3.05, 3.63) is 82.8 Å². The van der Waals surface area contributed by atoms with E-state index in [1.54, 1.807) is 11.1 Å².